The molecule has 0 unspecified atom stereocenters. The van der Waals surface area contributed by atoms with Gasteiger partial charge in [-0.05, 0) is 16.8 Å². The van der Waals surface area contributed by atoms with Gasteiger partial charge in [0, 0.05) is 19.2 Å². The number of hydrogen-bond donors (Lipinski definition) is 2. The summed E-state index contributed by atoms with van der Waals surface area (Å²) in [6.07, 6.45) is 1.46. The largest absolute Gasteiger partial charge is 0.496 e. The van der Waals surface area contributed by atoms with E-state index in [2.05, 4.69) is 15.8 Å². The minimum atomic E-state index is -0.846. The topological polar surface area (TPSA) is 89.0 Å². The Hall–Kier alpha value is -2.93. The lowest BCUT2D eigenvalue weighted by molar-refractivity contribution is -0.139. The molecule has 2 rings (SSSR count). The van der Waals surface area contributed by atoms with Gasteiger partial charge < -0.3 is 14.8 Å². The maximum Gasteiger partial charge on any atom is 0.329 e. The van der Waals surface area contributed by atoms with Gasteiger partial charge in [-0.25, -0.2) is 5.43 Å². The number of fused-ring (bicyclic) bond motifs is 1. The van der Waals surface area contributed by atoms with Crippen LogP contribution in [-0.4, -0.2) is 45.4 Å². The van der Waals surface area contributed by atoms with E-state index >= 15 is 0 Å². The number of carbonyl (C=O) groups is 2. The number of nitrogens with one attached hydrogen (secondary N) is 2. The summed E-state index contributed by atoms with van der Waals surface area (Å²) < 4.78 is 10.1. The Morgan fingerprint density at radius 1 is 1.12 bits per heavy atom. The molecule has 0 heterocycles. The molecule has 7 heteroatoms. The van der Waals surface area contributed by atoms with Gasteiger partial charge in [0.25, 0.3) is 0 Å². The summed E-state index contributed by atoms with van der Waals surface area (Å²) in [5, 5.41) is 8.21. The summed E-state index contributed by atoms with van der Waals surface area (Å²) >= 11 is 0. The molecule has 0 bridgehead atoms. The van der Waals surface area contributed by atoms with Gasteiger partial charge in [-0.15, -0.1) is 0 Å². The van der Waals surface area contributed by atoms with Crippen LogP contribution in [0.1, 0.15) is 5.56 Å². The lowest BCUT2D eigenvalue weighted by Gasteiger charge is -2.08. The zero-order valence-electron chi connectivity index (χ0n) is 13.5. The van der Waals surface area contributed by atoms with E-state index in [1.54, 1.807) is 7.11 Å². The first kappa shape index (κ1) is 17.4. The van der Waals surface area contributed by atoms with Gasteiger partial charge in [-0.2, -0.15) is 5.10 Å². The minimum absolute atomic E-state index is 0.254. The predicted octanol–water partition coefficient (Wildman–Crippen LogP) is 1.06. The Morgan fingerprint density at radius 3 is 2.67 bits per heavy atom. The highest BCUT2D eigenvalue weighted by Gasteiger charge is 2.12. The Morgan fingerprint density at radius 2 is 1.92 bits per heavy atom. The lowest BCUT2D eigenvalue weighted by Crippen LogP contribution is -2.39. The van der Waals surface area contributed by atoms with Crippen LogP contribution in [0, 0.1) is 0 Å². The molecular formula is C17H19N3O4. The number of carbonyl (C=O) groups excluding carboxylic acids is 2. The highest BCUT2D eigenvalue weighted by atomic mass is 16.5. The summed E-state index contributed by atoms with van der Waals surface area (Å²) in [5.41, 5.74) is 2.91. The van der Waals surface area contributed by atoms with Crippen molar-refractivity contribution >= 4 is 28.8 Å². The molecule has 0 saturated carbocycles. The van der Waals surface area contributed by atoms with Gasteiger partial charge in [-0.3, -0.25) is 9.59 Å². The van der Waals surface area contributed by atoms with E-state index in [0.29, 0.717) is 12.4 Å². The molecule has 0 aromatic heterocycles. The molecule has 2 aromatic carbocycles. The van der Waals surface area contributed by atoms with Gasteiger partial charge in [0.2, 0.25) is 0 Å². The number of ether oxygens (including phenoxy) is 2. The van der Waals surface area contributed by atoms with Crippen molar-refractivity contribution in [3.63, 3.8) is 0 Å². The van der Waals surface area contributed by atoms with E-state index in [4.69, 9.17) is 9.47 Å². The fourth-order valence-electron chi connectivity index (χ4n) is 2.14. The Bertz CT molecular complexity index is 759. The monoisotopic (exact) mass is 329 g/mol. The second kappa shape index (κ2) is 8.64. The van der Waals surface area contributed by atoms with Gasteiger partial charge in [0.05, 0.1) is 19.9 Å². The SMILES string of the molecule is COCCNC(=O)C(=O)N/N=C\c1c(OC)ccc2ccccc12. The molecule has 2 N–H and O–H groups in total. The van der Waals surface area contributed by atoms with E-state index in [9.17, 15) is 9.59 Å². The maximum atomic E-state index is 11.6. The van der Waals surface area contributed by atoms with Crippen LogP contribution in [0.4, 0.5) is 0 Å². The van der Waals surface area contributed by atoms with Crippen LogP contribution in [0.5, 0.6) is 5.75 Å². The van der Waals surface area contributed by atoms with E-state index < -0.39 is 11.8 Å². The maximum absolute atomic E-state index is 11.6. The van der Waals surface area contributed by atoms with Crippen LogP contribution in [0.2, 0.25) is 0 Å². The molecule has 0 radical (unpaired) electrons. The molecule has 0 aliphatic heterocycles. The summed E-state index contributed by atoms with van der Waals surface area (Å²) in [6, 6.07) is 11.5. The number of hydrogen-bond acceptors (Lipinski definition) is 5. The predicted molar refractivity (Wildman–Crippen MR) is 91.1 cm³/mol. The molecular weight excluding hydrogens is 310 g/mol. The second-order valence-electron chi connectivity index (χ2n) is 4.85. The summed E-state index contributed by atoms with van der Waals surface area (Å²) in [6.45, 7) is 0.582. The zero-order chi connectivity index (χ0) is 17.4. The van der Waals surface area contributed by atoms with Crippen molar-refractivity contribution in [2.45, 2.75) is 0 Å². The molecule has 2 aromatic rings. The van der Waals surface area contributed by atoms with Gasteiger partial charge in [0.15, 0.2) is 0 Å². The first-order valence-corrected chi connectivity index (χ1v) is 7.33. The molecule has 0 atom stereocenters. The van der Waals surface area contributed by atoms with Crippen molar-refractivity contribution in [3.05, 3.63) is 42.0 Å². The Kier molecular flexibility index (Phi) is 6.27. The van der Waals surface area contributed by atoms with E-state index in [-0.39, 0.29) is 6.54 Å². The highest BCUT2D eigenvalue weighted by molar-refractivity contribution is 6.35. The molecule has 0 saturated heterocycles. The van der Waals surface area contributed by atoms with Crippen molar-refractivity contribution in [1.82, 2.24) is 10.7 Å². The third-order valence-electron chi connectivity index (χ3n) is 3.31. The fourth-order valence-corrected chi connectivity index (χ4v) is 2.14. The second-order valence-corrected chi connectivity index (χ2v) is 4.85. The molecule has 7 nitrogen and oxygen atoms in total. The standard InChI is InChI=1S/C17H19N3O4/c1-23-10-9-18-16(21)17(22)20-19-11-14-13-6-4-3-5-12(13)7-8-15(14)24-2/h3-8,11H,9-10H2,1-2H3,(H,18,21)(H,20,22)/b19-11-. The van der Waals surface area contributed by atoms with E-state index in [1.165, 1.54) is 13.3 Å². The van der Waals surface area contributed by atoms with Crippen molar-refractivity contribution in [3.8, 4) is 5.75 Å². The summed E-state index contributed by atoms with van der Waals surface area (Å²) in [4.78, 5) is 23.2. The first-order chi connectivity index (χ1) is 11.7. The average Bonchev–Trinajstić information content (AvgIpc) is 2.61. The van der Waals surface area contributed by atoms with E-state index in [1.807, 2.05) is 36.4 Å². The fraction of sp³-hybridized carbons (Fsp3) is 0.235. The number of benzene rings is 2. The molecule has 0 fully saturated rings. The van der Waals surface area contributed by atoms with Crippen molar-refractivity contribution in [1.29, 1.82) is 0 Å². The van der Waals surface area contributed by atoms with Crippen LogP contribution in [0.15, 0.2) is 41.5 Å². The smallest absolute Gasteiger partial charge is 0.329 e. The van der Waals surface area contributed by atoms with Crippen molar-refractivity contribution in [2.24, 2.45) is 5.10 Å². The van der Waals surface area contributed by atoms with Crippen LogP contribution in [0.3, 0.4) is 0 Å². The number of nitrogens with zero attached hydrogens (tertiary/aromatic N) is 1. The van der Waals surface area contributed by atoms with Gasteiger partial charge in [0.1, 0.15) is 5.75 Å². The molecule has 2 amide bonds. The highest BCUT2D eigenvalue weighted by Crippen LogP contribution is 2.26. The summed E-state index contributed by atoms with van der Waals surface area (Å²) in [5.74, 6) is -0.994. The van der Waals surface area contributed by atoms with Gasteiger partial charge >= 0.3 is 11.8 Å². The zero-order valence-corrected chi connectivity index (χ0v) is 13.5. The number of amides is 2. The number of methoxy groups -OCH3 is 2. The van der Waals surface area contributed by atoms with Crippen LogP contribution < -0.4 is 15.5 Å². The van der Waals surface area contributed by atoms with Crippen LogP contribution in [0.25, 0.3) is 10.8 Å². The Labute approximate surface area is 139 Å². The first-order valence-electron chi connectivity index (χ1n) is 7.33. The molecule has 126 valence electrons. The van der Waals surface area contributed by atoms with Crippen molar-refractivity contribution < 1.29 is 19.1 Å². The average molecular weight is 329 g/mol. The van der Waals surface area contributed by atoms with Crippen LogP contribution in [-0.2, 0) is 14.3 Å². The number of rotatable bonds is 6. The number of hydrazone groups is 1. The van der Waals surface area contributed by atoms with E-state index in [0.717, 1.165) is 16.3 Å². The minimum Gasteiger partial charge on any atom is -0.496 e. The lowest BCUT2D eigenvalue weighted by atomic mass is 10.0. The quantitative estimate of drug-likeness (QED) is 0.359. The molecule has 0 aliphatic carbocycles. The normalized spacial score (nSPS) is 10.8. The third kappa shape index (κ3) is 4.30. The Balaban J connectivity index is 2.10. The molecule has 0 spiro atoms. The third-order valence-corrected chi connectivity index (χ3v) is 3.31. The molecule has 24 heavy (non-hydrogen) atoms. The van der Waals surface area contributed by atoms with Crippen LogP contribution >= 0.6 is 0 Å². The van der Waals surface area contributed by atoms with Crippen molar-refractivity contribution in [2.75, 3.05) is 27.4 Å². The van der Waals surface area contributed by atoms with Gasteiger partial charge in [-0.1, -0.05) is 30.3 Å². The summed E-state index contributed by atoms with van der Waals surface area (Å²) in [7, 11) is 3.07. The molecule has 0 aliphatic rings.